The normalized spacial score (nSPS) is 10.1. The molecule has 0 radical (unpaired) electrons. The highest BCUT2D eigenvalue weighted by molar-refractivity contribution is 7.80. The van der Waals surface area contributed by atoms with Crippen molar-refractivity contribution < 1.29 is 14.3 Å². The summed E-state index contributed by atoms with van der Waals surface area (Å²) in [4.78, 5) is 11.9. The molecular formula is C19H21ClN2O3S. The van der Waals surface area contributed by atoms with Crippen LogP contribution in [0.4, 0.5) is 5.69 Å². The molecule has 26 heavy (non-hydrogen) atoms. The van der Waals surface area contributed by atoms with Gasteiger partial charge >= 0.3 is 5.97 Å². The molecule has 7 heteroatoms. The van der Waals surface area contributed by atoms with Crippen molar-refractivity contribution >= 4 is 40.6 Å². The van der Waals surface area contributed by atoms with Crippen LogP contribution in [0.1, 0.15) is 29.8 Å². The number of nitrogens with one attached hydrogen (secondary N) is 2. The molecule has 0 aromatic heterocycles. The zero-order valence-electron chi connectivity index (χ0n) is 14.7. The first-order valence-corrected chi connectivity index (χ1v) is 9.06. The van der Waals surface area contributed by atoms with Crippen LogP contribution in [0, 0.1) is 0 Å². The molecular weight excluding hydrogens is 372 g/mol. The van der Waals surface area contributed by atoms with Crippen molar-refractivity contribution in [2.45, 2.75) is 20.4 Å². The van der Waals surface area contributed by atoms with Crippen molar-refractivity contribution in [1.82, 2.24) is 5.32 Å². The van der Waals surface area contributed by atoms with Crippen molar-refractivity contribution in [2.24, 2.45) is 0 Å². The van der Waals surface area contributed by atoms with Crippen molar-refractivity contribution in [3.63, 3.8) is 0 Å². The van der Waals surface area contributed by atoms with Crippen LogP contribution in [0.5, 0.6) is 5.75 Å². The van der Waals surface area contributed by atoms with Gasteiger partial charge in [-0.3, -0.25) is 0 Å². The lowest BCUT2D eigenvalue weighted by Gasteiger charge is -2.14. The van der Waals surface area contributed by atoms with E-state index in [1.54, 1.807) is 25.1 Å². The first-order valence-electron chi connectivity index (χ1n) is 8.27. The van der Waals surface area contributed by atoms with Gasteiger partial charge in [-0.15, -0.1) is 0 Å². The Morgan fingerprint density at radius 1 is 1.15 bits per heavy atom. The number of carbonyl (C=O) groups is 1. The third kappa shape index (κ3) is 5.61. The van der Waals surface area contributed by atoms with Gasteiger partial charge in [0, 0.05) is 17.8 Å². The number of anilines is 1. The Bertz CT molecular complexity index is 783. The minimum atomic E-state index is -0.467. The zero-order valence-corrected chi connectivity index (χ0v) is 16.2. The molecule has 0 amide bonds. The third-order valence-electron chi connectivity index (χ3n) is 3.43. The van der Waals surface area contributed by atoms with E-state index >= 15 is 0 Å². The summed E-state index contributed by atoms with van der Waals surface area (Å²) in [6.07, 6.45) is 0. The number of benzene rings is 2. The summed E-state index contributed by atoms with van der Waals surface area (Å²) >= 11 is 11.4. The van der Waals surface area contributed by atoms with Gasteiger partial charge in [0.15, 0.2) is 5.11 Å². The predicted octanol–water partition coefficient (Wildman–Crippen LogP) is 4.40. The number of hydrogen-bond donors (Lipinski definition) is 2. The first kappa shape index (κ1) is 20.0. The minimum Gasteiger partial charge on any atom is -0.494 e. The van der Waals surface area contributed by atoms with Gasteiger partial charge in [-0.05, 0) is 50.3 Å². The van der Waals surface area contributed by atoms with Gasteiger partial charge in [0.05, 0.1) is 23.8 Å². The van der Waals surface area contributed by atoms with E-state index in [0.29, 0.717) is 34.5 Å². The van der Waals surface area contributed by atoms with Crippen molar-refractivity contribution in [2.75, 3.05) is 18.5 Å². The topological polar surface area (TPSA) is 59.6 Å². The Morgan fingerprint density at radius 3 is 2.65 bits per heavy atom. The van der Waals surface area contributed by atoms with Gasteiger partial charge in [-0.1, -0.05) is 29.8 Å². The standard InChI is InChI=1S/C19H21ClN2O3S/c1-3-24-17-8-6-5-7-13(17)12-21-19(26)22-14-9-10-16(20)15(11-14)18(23)25-4-2/h5-11H,3-4,12H2,1-2H3,(H2,21,22,26). The summed E-state index contributed by atoms with van der Waals surface area (Å²) in [7, 11) is 0. The summed E-state index contributed by atoms with van der Waals surface area (Å²) in [5.74, 6) is 0.354. The second-order valence-corrected chi connectivity index (χ2v) is 6.08. The molecule has 0 atom stereocenters. The molecule has 2 aromatic carbocycles. The van der Waals surface area contributed by atoms with Crippen molar-refractivity contribution in [3.8, 4) is 5.75 Å². The zero-order chi connectivity index (χ0) is 18.9. The molecule has 2 aromatic rings. The Hall–Kier alpha value is -2.31. The molecule has 0 bridgehead atoms. The monoisotopic (exact) mass is 392 g/mol. The molecule has 0 aliphatic rings. The first-order chi connectivity index (χ1) is 12.5. The lowest BCUT2D eigenvalue weighted by Crippen LogP contribution is -2.28. The smallest absolute Gasteiger partial charge is 0.339 e. The summed E-state index contributed by atoms with van der Waals surface area (Å²) in [6, 6.07) is 12.7. The van der Waals surface area contributed by atoms with Crippen LogP contribution in [-0.2, 0) is 11.3 Å². The van der Waals surface area contributed by atoms with E-state index in [1.165, 1.54) is 0 Å². The maximum Gasteiger partial charge on any atom is 0.339 e. The van der Waals surface area contributed by atoms with Crippen LogP contribution >= 0.6 is 23.8 Å². The quantitative estimate of drug-likeness (QED) is 0.538. The molecule has 0 aliphatic carbocycles. The fourth-order valence-electron chi connectivity index (χ4n) is 2.27. The van der Waals surface area contributed by atoms with E-state index in [2.05, 4.69) is 10.6 Å². The highest BCUT2D eigenvalue weighted by atomic mass is 35.5. The third-order valence-corrected chi connectivity index (χ3v) is 4.01. The number of thiocarbonyl (C=S) groups is 1. The van der Waals surface area contributed by atoms with Crippen LogP contribution in [-0.4, -0.2) is 24.3 Å². The SMILES string of the molecule is CCOC(=O)c1cc(NC(=S)NCc2ccccc2OCC)ccc1Cl. The van der Waals surface area contributed by atoms with Crippen LogP contribution in [0.3, 0.4) is 0 Å². The average Bonchev–Trinajstić information content (AvgIpc) is 2.63. The summed E-state index contributed by atoms with van der Waals surface area (Å²) in [6.45, 7) is 5.08. The van der Waals surface area contributed by atoms with E-state index in [4.69, 9.17) is 33.3 Å². The van der Waals surface area contributed by atoms with Crippen molar-refractivity contribution in [3.05, 3.63) is 58.6 Å². The number of ether oxygens (including phenoxy) is 2. The molecule has 2 N–H and O–H groups in total. The lowest BCUT2D eigenvalue weighted by atomic mass is 10.2. The molecule has 0 fully saturated rings. The van der Waals surface area contributed by atoms with Gasteiger partial charge < -0.3 is 20.1 Å². The van der Waals surface area contributed by atoms with E-state index in [1.807, 2.05) is 31.2 Å². The predicted molar refractivity (Wildman–Crippen MR) is 108 cm³/mol. The Morgan fingerprint density at radius 2 is 1.92 bits per heavy atom. The van der Waals surface area contributed by atoms with E-state index < -0.39 is 5.97 Å². The maximum absolute atomic E-state index is 11.9. The summed E-state index contributed by atoms with van der Waals surface area (Å²) < 4.78 is 10.6. The number of para-hydroxylation sites is 1. The second kappa shape index (κ2) is 9.99. The Balaban J connectivity index is 2.00. The number of halogens is 1. The lowest BCUT2D eigenvalue weighted by molar-refractivity contribution is 0.0526. The molecule has 0 saturated heterocycles. The summed E-state index contributed by atoms with van der Waals surface area (Å²) in [5.41, 5.74) is 1.94. The molecule has 0 aliphatic heterocycles. The highest BCUT2D eigenvalue weighted by Crippen LogP contribution is 2.22. The fourth-order valence-corrected chi connectivity index (χ4v) is 2.65. The molecule has 0 unspecified atom stereocenters. The Labute approximate surface area is 163 Å². The molecule has 0 spiro atoms. The second-order valence-electron chi connectivity index (χ2n) is 5.26. The number of hydrogen-bond acceptors (Lipinski definition) is 4. The number of rotatable bonds is 7. The maximum atomic E-state index is 11.9. The molecule has 5 nitrogen and oxygen atoms in total. The minimum absolute atomic E-state index is 0.284. The largest absolute Gasteiger partial charge is 0.494 e. The number of esters is 1. The van der Waals surface area contributed by atoms with Crippen LogP contribution < -0.4 is 15.4 Å². The van der Waals surface area contributed by atoms with Gasteiger partial charge in [-0.25, -0.2) is 4.79 Å². The van der Waals surface area contributed by atoms with Gasteiger partial charge in [0.25, 0.3) is 0 Å². The Kier molecular flexibility index (Phi) is 7.69. The molecule has 138 valence electrons. The van der Waals surface area contributed by atoms with Gasteiger partial charge in [-0.2, -0.15) is 0 Å². The van der Waals surface area contributed by atoms with Gasteiger partial charge in [0.2, 0.25) is 0 Å². The van der Waals surface area contributed by atoms with Crippen LogP contribution in [0.15, 0.2) is 42.5 Å². The average molecular weight is 393 g/mol. The summed E-state index contributed by atoms with van der Waals surface area (Å²) in [5, 5.41) is 6.92. The number of carbonyl (C=O) groups excluding carboxylic acids is 1. The van der Waals surface area contributed by atoms with Crippen LogP contribution in [0.25, 0.3) is 0 Å². The molecule has 0 heterocycles. The molecule has 0 saturated carbocycles. The van der Waals surface area contributed by atoms with Gasteiger partial charge in [0.1, 0.15) is 5.75 Å². The van der Waals surface area contributed by atoms with Crippen molar-refractivity contribution in [1.29, 1.82) is 0 Å². The van der Waals surface area contributed by atoms with Crippen LogP contribution in [0.2, 0.25) is 5.02 Å². The fraction of sp³-hybridized carbons (Fsp3) is 0.263. The van der Waals surface area contributed by atoms with E-state index in [9.17, 15) is 4.79 Å². The van der Waals surface area contributed by atoms with E-state index in [-0.39, 0.29) is 6.61 Å². The highest BCUT2D eigenvalue weighted by Gasteiger charge is 2.12. The van der Waals surface area contributed by atoms with E-state index in [0.717, 1.165) is 11.3 Å². The molecule has 2 rings (SSSR count).